The lowest BCUT2D eigenvalue weighted by Crippen LogP contribution is -2.22. The number of hydrogen-bond donors (Lipinski definition) is 2. The van der Waals surface area contributed by atoms with E-state index in [0.717, 1.165) is 44.2 Å². The number of hydrazone groups is 2. The fourth-order valence-electron chi connectivity index (χ4n) is 3.86. The van der Waals surface area contributed by atoms with Gasteiger partial charge in [0, 0.05) is 34.7 Å². The molecule has 0 heterocycles. The Morgan fingerprint density at radius 3 is 1.42 bits per heavy atom. The number of nitrogens with zero attached hydrogens (tertiary/aromatic N) is 2. The Morgan fingerprint density at radius 2 is 1.03 bits per heavy atom. The molecule has 0 unspecified atom stereocenters. The van der Waals surface area contributed by atoms with Crippen molar-refractivity contribution in [2.75, 3.05) is 14.2 Å². The first-order valence-corrected chi connectivity index (χ1v) is 11.4. The van der Waals surface area contributed by atoms with Crippen LogP contribution >= 0.6 is 0 Å². The van der Waals surface area contributed by atoms with Gasteiger partial charge in [-0.2, -0.15) is 10.2 Å². The monoisotopic (exact) mass is 482 g/mol. The van der Waals surface area contributed by atoms with E-state index in [1.807, 2.05) is 72.8 Å². The Balaban J connectivity index is 1.29. The summed E-state index contributed by atoms with van der Waals surface area (Å²) in [7, 11) is 3.25. The van der Waals surface area contributed by atoms with Gasteiger partial charge >= 0.3 is 0 Å². The Bertz CT molecular complexity index is 1350. The summed E-state index contributed by atoms with van der Waals surface area (Å²) in [5.41, 5.74) is 6.60. The minimum atomic E-state index is -0.371. The van der Waals surface area contributed by atoms with Crippen molar-refractivity contribution in [3.8, 4) is 11.5 Å². The molecule has 8 heteroatoms. The zero-order valence-corrected chi connectivity index (χ0v) is 20.0. The molecule has 0 radical (unpaired) electrons. The minimum Gasteiger partial charge on any atom is -0.496 e. The quantitative estimate of drug-likeness (QED) is 0.273. The maximum absolute atomic E-state index is 12.1. The first kappa shape index (κ1) is 24.4. The van der Waals surface area contributed by atoms with Crippen LogP contribution in [0.15, 0.2) is 83.0 Å². The lowest BCUT2D eigenvalue weighted by molar-refractivity contribution is -0.126. The van der Waals surface area contributed by atoms with E-state index < -0.39 is 0 Å². The van der Waals surface area contributed by atoms with Gasteiger partial charge in [0.15, 0.2) is 0 Å². The number of fused-ring (bicyclic) bond motifs is 2. The average Bonchev–Trinajstić information content (AvgIpc) is 2.92. The molecule has 0 aromatic heterocycles. The summed E-state index contributed by atoms with van der Waals surface area (Å²) in [5, 5.41) is 11.9. The summed E-state index contributed by atoms with van der Waals surface area (Å²) in [4.78, 5) is 24.3. The molecule has 0 spiro atoms. The second kappa shape index (κ2) is 11.6. The largest absolute Gasteiger partial charge is 0.496 e. The van der Waals surface area contributed by atoms with Crippen molar-refractivity contribution in [1.82, 2.24) is 10.9 Å². The van der Waals surface area contributed by atoms with Gasteiger partial charge in [-0.25, -0.2) is 10.9 Å². The molecule has 0 aliphatic carbocycles. The van der Waals surface area contributed by atoms with Crippen LogP contribution in [-0.4, -0.2) is 38.5 Å². The molecule has 8 nitrogen and oxygen atoms in total. The van der Waals surface area contributed by atoms with Gasteiger partial charge in [0.05, 0.1) is 26.6 Å². The van der Waals surface area contributed by atoms with Gasteiger partial charge in [0.25, 0.3) is 0 Å². The molecule has 0 bridgehead atoms. The number of nitrogens with one attached hydrogen (secondary N) is 2. The standard InChI is InChI=1S/C28H26N4O4/c1-35-25-13-11-19(21-7-3-5-9-23(21)25)17-29-31-27(33)15-16-28(34)32-30-18-20-12-14-26(36-2)24-10-6-4-8-22(20)24/h3-14,17-18H,15-16H2,1-2H3,(H,31,33)(H,32,34)/b29-17-,30-18-. The molecule has 4 aromatic rings. The highest BCUT2D eigenvalue weighted by molar-refractivity contribution is 6.03. The Hall–Kier alpha value is -4.72. The number of carbonyl (C=O) groups excluding carboxylic acids is 2. The van der Waals surface area contributed by atoms with E-state index in [4.69, 9.17) is 9.47 Å². The zero-order valence-electron chi connectivity index (χ0n) is 20.0. The van der Waals surface area contributed by atoms with Crippen LogP contribution in [0.25, 0.3) is 21.5 Å². The van der Waals surface area contributed by atoms with Crippen LogP contribution in [0.1, 0.15) is 24.0 Å². The highest BCUT2D eigenvalue weighted by atomic mass is 16.5. The third-order valence-electron chi connectivity index (χ3n) is 5.64. The summed E-state index contributed by atoms with van der Waals surface area (Å²) in [5.74, 6) is 0.787. The summed E-state index contributed by atoms with van der Waals surface area (Å²) in [6.07, 6.45) is 3.10. The Morgan fingerprint density at radius 1 is 0.639 bits per heavy atom. The van der Waals surface area contributed by atoms with Crippen molar-refractivity contribution >= 4 is 45.8 Å². The van der Waals surface area contributed by atoms with E-state index in [2.05, 4.69) is 21.1 Å². The first-order chi connectivity index (χ1) is 17.6. The van der Waals surface area contributed by atoms with E-state index >= 15 is 0 Å². The third kappa shape index (κ3) is 5.67. The van der Waals surface area contributed by atoms with Crippen LogP contribution in [0.5, 0.6) is 11.5 Å². The molecule has 182 valence electrons. The van der Waals surface area contributed by atoms with E-state index in [1.165, 1.54) is 0 Å². The number of benzene rings is 4. The molecular formula is C28H26N4O4. The second-order valence-electron chi connectivity index (χ2n) is 7.89. The van der Waals surface area contributed by atoms with Gasteiger partial charge in [-0.1, -0.05) is 48.5 Å². The predicted molar refractivity (Wildman–Crippen MR) is 142 cm³/mol. The number of carbonyl (C=O) groups is 2. The minimum absolute atomic E-state index is 0.0203. The maximum atomic E-state index is 12.1. The van der Waals surface area contributed by atoms with Crippen molar-refractivity contribution in [2.45, 2.75) is 12.8 Å². The lowest BCUT2D eigenvalue weighted by atomic mass is 10.0. The van der Waals surface area contributed by atoms with E-state index in [9.17, 15) is 9.59 Å². The molecule has 0 saturated carbocycles. The van der Waals surface area contributed by atoms with Crippen LogP contribution in [0.4, 0.5) is 0 Å². The van der Waals surface area contributed by atoms with Crippen molar-refractivity contribution < 1.29 is 19.1 Å². The number of hydrogen-bond acceptors (Lipinski definition) is 6. The summed E-state index contributed by atoms with van der Waals surface area (Å²) in [6.45, 7) is 0. The highest BCUT2D eigenvalue weighted by Gasteiger charge is 2.08. The molecule has 4 rings (SSSR count). The first-order valence-electron chi connectivity index (χ1n) is 11.4. The van der Waals surface area contributed by atoms with Crippen LogP contribution in [0.2, 0.25) is 0 Å². The van der Waals surface area contributed by atoms with Gasteiger partial charge in [0.2, 0.25) is 11.8 Å². The molecule has 0 aliphatic heterocycles. The second-order valence-corrected chi connectivity index (χ2v) is 7.89. The van der Waals surface area contributed by atoms with E-state index in [1.54, 1.807) is 26.6 Å². The van der Waals surface area contributed by atoms with Gasteiger partial charge < -0.3 is 9.47 Å². The zero-order chi connectivity index (χ0) is 25.3. The maximum Gasteiger partial charge on any atom is 0.240 e. The third-order valence-corrected chi connectivity index (χ3v) is 5.64. The normalized spacial score (nSPS) is 11.3. The summed E-state index contributed by atoms with van der Waals surface area (Å²) >= 11 is 0. The van der Waals surface area contributed by atoms with Crippen molar-refractivity contribution in [3.63, 3.8) is 0 Å². The SMILES string of the molecule is COc1ccc(/C=N\NC(=O)CCC(=O)N/N=C\c2ccc(OC)c3ccccc23)c2ccccc12. The molecule has 36 heavy (non-hydrogen) atoms. The van der Waals surface area contributed by atoms with Crippen molar-refractivity contribution in [1.29, 1.82) is 0 Å². The Labute approximate surface area is 208 Å². The summed E-state index contributed by atoms with van der Waals surface area (Å²) < 4.78 is 10.8. The van der Waals surface area contributed by atoms with Crippen LogP contribution in [0, 0.1) is 0 Å². The van der Waals surface area contributed by atoms with Crippen molar-refractivity contribution in [2.24, 2.45) is 10.2 Å². The van der Waals surface area contributed by atoms with Gasteiger partial charge in [-0.15, -0.1) is 0 Å². The van der Waals surface area contributed by atoms with Crippen LogP contribution < -0.4 is 20.3 Å². The van der Waals surface area contributed by atoms with Gasteiger partial charge in [-0.3, -0.25) is 9.59 Å². The molecule has 0 fully saturated rings. The fourth-order valence-corrected chi connectivity index (χ4v) is 3.86. The molecule has 0 aliphatic rings. The number of rotatable bonds is 9. The molecule has 2 amide bonds. The average molecular weight is 483 g/mol. The molecule has 4 aromatic carbocycles. The highest BCUT2D eigenvalue weighted by Crippen LogP contribution is 2.28. The van der Waals surface area contributed by atoms with Gasteiger partial charge in [-0.05, 0) is 35.0 Å². The molecule has 0 atom stereocenters. The van der Waals surface area contributed by atoms with Gasteiger partial charge in [0.1, 0.15) is 11.5 Å². The molecule has 0 saturated heterocycles. The topological polar surface area (TPSA) is 101 Å². The summed E-state index contributed by atoms with van der Waals surface area (Å²) in [6, 6.07) is 23.0. The fraction of sp³-hybridized carbons (Fsp3) is 0.143. The van der Waals surface area contributed by atoms with E-state index in [0.29, 0.717) is 0 Å². The number of ether oxygens (including phenoxy) is 2. The number of amides is 2. The van der Waals surface area contributed by atoms with E-state index in [-0.39, 0.29) is 24.7 Å². The molecular weight excluding hydrogens is 456 g/mol. The van der Waals surface area contributed by atoms with Crippen LogP contribution in [0.3, 0.4) is 0 Å². The lowest BCUT2D eigenvalue weighted by Gasteiger charge is -2.07. The van der Waals surface area contributed by atoms with Crippen molar-refractivity contribution in [3.05, 3.63) is 83.9 Å². The molecule has 2 N–H and O–H groups in total. The predicted octanol–water partition coefficient (Wildman–Crippen LogP) is 4.39. The smallest absolute Gasteiger partial charge is 0.240 e. The Kier molecular flexibility index (Phi) is 7.87. The number of methoxy groups -OCH3 is 2. The van der Waals surface area contributed by atoms with Crippen LogP contribution in [-0.2, 0) is 9.59 Å².